The van der Waals surface area contributed by atoms with Gasteiger partial charge in [0.1, 0.15) is 6.29 Å². The van der Waals surface area contributed by atoms with E-state index in [4.69, 9.17) is 0 Å². The summed E-state index contributed by atoms with van der Waals surface area (Å²) >= 11 is 0. The van der Waals surface area contributed by atoms with Crippen molar-refractivity contribution in [1.29, 1.82) is 0 Å². The van der Waals surface area contributed by atoms with E-state index in [1.54, 1.807) is 0 Å². The van der Waals surface area contributed by atoms with Crippen molar-refractivity contribution >= 4 is 6.29 Å². The van der Waals surface area contributed by atoms with Gasteiger partial charge in [-0.2, -0.15) is 0 Å². The van der Waals surface area contributed by atoms with Crippen LogP contribution in [-0.4, -0.2) is 19.4 Å². The lowest BCUT2D eigenvalue weighted by Gasteiger charge is -2.31. The van der Waals surface area contributed by atoms with E-state index in [0.717, 1.165) is 25.9 Å². The number of aldehydes is 1. The molecule has 0 aromatic heterocycles. The highest BCUT2D eigenvalue weighted by Crippen LogP contribution is 2.51. The number of carbonyl (C=O) groups is 1. The Kier molecular flexibility index (Phi) is 0.943. The number of carbonyl (C=O) groups excluding carboxylic acids is 1. The third-order valence-electron chi connectivity index (χ3n) is 2.66. The summed E-state index contributed by atoms with van der Waals surface area (Å²) in [6.45, 7) is 2.14. The Bertz CT molecular complexity index is 136. The Labute approximate surface area is 54.6 Å². The Morgan fingerprint density at radius 3 is 2.22 bits per heavy atom. The van der Waals surface area contributed by atoms with Crippen molar-refractivity contribution in [3.63, 3.8) is 0 Å². The van der Waals surface area contributed by atoms with Crippen molar-refractivity contribution in [3.8, 4) is 0 Å². The van der Waals surface area contributed by atoms with Crippen LogP contribution in [0.5, 0.6) is 0 Å². The molecule has 0 unspecified atom stereocenters. The van der Waals surface area contributed by atoms with Crippen LogP contribution < -0.4 is 5.32 Å². The Morgan fingerprint density at radius 1 is 1.44 bits per heavy atom. The lowest BCUT2D eigenvalue weighted by molar-refractivity contribution is -0.114. The number of nitrogens with one attached hydrogen (secondary N) is 1. The van der Waals surface area contributed by atoms with Crippen LogP contribution in [0, 0.1) is 11.3 Å². The van der Waals surface area contributed by atoms with Gasteiger partial charge < -0.3 is 10.1 Å². The molecule has 2 fully saturated rings. The summed E-state index contributed by atoms with van der Waals surface area (Å²) in [7, 11) is 0. The van der Waals surface area contributed by atoms with E-state index in [0.29, 0.717) is 5.92 Å². The van der Waals surface area contributed by atoms with Crippen LogP contribution in [0.15, 0.2) is 0 Å². The van der Waals surface area contributed by atoms with Gasteiger partial charge in [0.2, 0.25) is 0 Å². The summed E-state index contributed by atoms with van der Waals surface area (Å²) in [6.07, 6.45) is 3.45. The molecule has 50 valence electrons. The lowest BCUT2D eigenvalue weighted by Crippen LogP contribution is -2.47. The van der Waals surface area contributed by atoms with E-state index in [-0.39, 0.29) is 5.41 Å². The fraction of sp³-hybridized carbons (Fsp3) is 0.857. The van der Waals surface area contributed by atoms with Crippen LogP contribution in [-0.2, 0) is 4.79 Å². The molecule has 1 saturated carbocycles. The van der Waals surface area contributed by atoms with Crippen molar-refractivity contribution in [2.24, 2.45) is 11.3 Å². The normalized spacial score (nSPS) is 31.1. The first kappa shape index (κ1) is 5.42. The van der Waals surface area contributed by atoms with Gasteiger partial charge in [0.15, 0.2) is 0 Å². The summed E-state index contributed by atoms with van der Waals surface area (Å²) in [4.78, 5) is 10.5. The van der Waals surface area contributed by atoms with Gasteiger partial charge in [0, 0.05) is 18.5 Å². The molecule has 1 N–H and O–H groups in total. The monoisotopic (exact) mass is 125 g/mol. The predicted octanol–water partition coefficient (Wildman–Crippen LogP) is 0.185. The zero-order valence-electron chi connectivity index (χ0n) is 5.39. The van der Waals surface area contributed by atoms with Crippen LogP contribution in [0.1, 0.15) is 12.8 Å². The summed E-state index contributed by atoms with van der Waals surface area (Å²) in [5.41, 5.74) is 0.144. The van der Waals surface area contributed by atoms with Gasteiger partial charge in [0.05, 0.1) is 0 Å². The van der Waals surface area contributed by atoms with E-state index in [1.165, 1.54) is 6.29 Å². The van der Waals surface area contributed by atoms with Crippen LogP contribution in [0.2, 0.25) is 0 Å². The molecular formula is C7H11NO. The molecule has 0 radical (unpaired) electrons. The molecule has 2 nitrogen and oxygen atoms in total. The molecule has 0 amide bonds. The number of hydrogen-bond acceptors (Lipinski definition) is 2. The highest BCUT2D eigenvalue weighted by atomic mass is 16.1. The molecule has 1 heterocycles. The topological polar surface area (TPSA) is 29.1 Å². The predicted molar refractivity (Wildman–Crippen MR) is 34.1 cm³/mol. The zero-order valence-corrected chi connectivity index (χ0v) is 5.39. The molecule has 2 rings (SSSR count). The Balaban J connectivity index is 2.02. The van der Waals surface area contributed by atoms with Gasteiger partial charge in [0.25, 0.3) is 0 Å². The molecule has 1 aliphatic carbocycles. The molecular weight excluding hydrogens is 114 g/mol. The van der Waals surface area contributed by atoms with Crippen LogP contribution >= 0.6 is 0 Å². The van der Waals surface area contributed by atoms with Gasteiger partial charge in [-0.3, -0.25) is 0 Å². The van der Waals surface area contributed by atoms with E-state index in [9.17, 15) is 4.79 Å². The zero-order chi connectivity index (χ0) is 6.32. The molecule has 1 aliphatic heterocycles. The molecule has 1 saturated heterocycles. The van der Waals surface area contributed by atoms with E-state index < -0.39 is 0 Å². The third kappa shape index (κ3) is 0.628. The highest BCUT2D eigenvalue weighted by molar-refractivity contribution is 5.64. The van der Waals surface area contributed by atoms with Crippen LogP contribution in [0.3, 0.4) is 0 Å². The first-order chi connectivity index (χ1) is 4.37. The summed E-state index contributed by atoms with van der Waals surface area (Å²) in [5.74, 6) is 0.676. The van der Waals surface area contributed by atoms with Gasteiger partial charge >= 0.3 is 0 Å². The van der Waals surface area contributed by atoms with Crippen LogP contribution in [0.25, 0.3) is 0 Å². The molecule has 2 heteroatoms. The maximum atomic E-state index is 10.5. The molecule has 2 aliphatic rings. The minimum atomic E-state index is 0.144. The quantitative estimate of drug-likeness (QED) is 0.533. The standard InChI is InChI=1S/C7H11NO/c9-5-7(1-2-7)6-3-8-4-6/h5-6,8H,1-4H2. The fourth-order valence-electron chi connectivity index (χ4n) is 1.46. The lowest BCUT2D eigenvalue weighted by atomic mass is 9.86. The average molecular weight is 125 g/mol. The molecule has 0 aromatic rings. The van der Waals surface area contributed by atoms with Crippen molar-refractivity contribution in [3.05, 3.63) is 0 Å². The summed E-state index contributed by atoms with van der Waals surface area (Å²) < 4.78 is 0. The van der Waals surface area contributed by atoms with Gasteiger partial charge in [-0.1, -0.05) is 0 Å². The van der Waals surface area contributed by atoms with Gasteiger partial charge in [-0.25, -0.2) is 0 Å². The summed E-state index contributed by atoms with van der Waals surface area (Å²) in [5, 5.41) is 3.18. The van der Waals surface area contributed by atoms with Crippen LogP contribution in [0.4, 0.5) is 0 Å². The largest absolute Gasteiger partial charge is 0.316 e. The first-order valence-corrected chi connectivity index (χ1v) is 3.54. The highest BCUT2D eigenvalue weighted by Gasteiger charge is 2.51. The maximum Gasteiger partial charge on any atom is 0.126 e. The van der Waals surface area contributed by atoms with Crippen molar-refractivity contribution < 1.29 is 4.79 Å². The van der Waals surface area contributed by atoms with Gasteiger partial charge in [-0.15, -0.1) is 0 Å². The second-order valence-electron chi connectivity index (χ2n) is 3.21. The van der Waals surface area contributed by atoms with Gasteiger partial charge in [-0.05, 0) is 18.8 Å². The molecule has 9 heavy (non-hydrogen) atoms. The Hall–Kier alpha value is -0.370. The minimum absolute atomic E-state index is 0.144. The van der Waals surface area contributed by atoms with Crippen molar-refractivity contribution in [2.75, 3.05) is 13.1 Å². The second-order valence-corrected chi connectivity index (χ2v) is 3.21. The van der Waals surface area contributed by atoms with E-state index >= 15 is 0 Å². The smallest absolute Gasteiger partial charge is 0.126 e. The number of hydrogen-bond donors (Lipinski definition) is 1. The first-order valence-electron chi connectivity index (χ1n) is 3.54. The van der Waals surface area contributed by atoms with E-state index in [2.05, 4.69) is 5.32 Å². The van der Waals surface area contributed by atoms with Crippen molar-refractivity contribution in [1.82, 2.24) is 5.32 Å². The molecule has 0 spiro atoms. The van der Waals surface area contributed by atoms with E-state index in [1.807, 2.05) is 0 Å². The summed E-state index contributed by atoms with van der Waals surface area (Å²) in [6, 6.07) is 0. The minimum Gasteiger partial charge on any atom is -0.316 e. The molecule has 0 aromatic carbocycles. The SMILES string of the molecule is O=CC1(C2CNC2)CC1. The number of rotatable bonds is 2. The second kappa shape index (κ2) is 1.57. The van der Waals surface area contributed by atoms with Crippen molar-refractivity contribution in [2.45, 2.75) is 12.8 Å². The molecule has 0 atom stereocenters. The Morgan fingerprint density at radius 2 is 2.11 bits per heavy atom. The maximum absolute atomic E-state index is 10.5. The molecule has 0 bridgehead atoms. The third-order valence-corrected chi connectivity index (χ3v) is 2.66. The fourth-order valence-corrected chi connectivity index (χ4v) is 1.46. The average Bonchev–Trinajstić information content (AvgIpc) is 2.44.